The molecule has 2 aromatic carbocycles. The van der Waals surface area contributed by atoms with Gasteiger partial charge in [0.25, 0.3) is 5.91 Å². The Morgan fingerprint density at radius 1 is 0.841 bits per heavy atom. The summed E-state index contributed by atoms with van der Waals surface area (Å²) in [5, 5.41) is 32.4. The van der Waals surface area contributed by atoms with Crippen LogP contribution in [0.4, 0.5) is 11.4 Å². The molecule has 63 heavy (non-hydrogen) atoms. The third kappa shape index (κ3) is 10.8. The molecule has 16 nitrogen and oxygen atoms in total. The maximum Gasteiger partial charge on any atom is 0.356 e. The van der Waals surface area contributed by atoms with Crippen LogP contribution in [0.15, 0.2) is 85.5 Å². The smallest absolute Gasteiger partial charge is 0.356 e. The van der Waals surface area contributed by atoms with E-state index in [1.54, 1.807) is 17.1 Å². The third-order valence-electron chi connectivity index (χ3n) is 12.2. The fraction of sp³-hybridized carbons (Fsp3) is 0.435. The molecule has 2 aliphatic heterocycles. The molecule has 17 heteroatoms. The zero-order valence-corrected chi connectivity index (χ0v) is 37.4. The topological polar surface area (TPSA) is 202 Å². The van der Waals surface area contributed by atoms with Crippen molar-refractivity contribution in [1.29, 1.82) is 0 Å². The second-order valence-electron chi connectivity index (χ2n) is 18.6. The van der Waals surface area contributed by atoms with Crippen molar-refractivity contribution < 1.29 is 28.9 Å². The van der Waals surface area contributed by atoms with E-state index in [0.717, 1.165) is 106 Å². The van der Waals surface area contributed by atoms with Crippen molar-refractivity contribution in [3.05, 3.63) is 130 Å². The first-order valence-corrected chi connectivity index (χ1v) is 25.4. The van der Waals surface area contributed by atoms with Gasteiger partial charge in [-0.05, 0) is 55.7 Å². The molecule has 332 valence electrons. The summed E-state index contributed by atoms with van der Waals surface area (Å²) in [7, 11) is -1.12. The first-order chi connectivity index (χ1) is 30.3. The SMILES string of the molecule is C[Si](C)(C)CCOCn1nc(C(=O)O)c2c1CC1(CCOC1)C2.Nc1cnn(Cc2ccccc2)c1.O=C(Nc1cnn(Cc2ccccc2)c1)c1n[nH]c2c1CC1(CCOC1)C2. The summed E-state index contributed by atoms with van der Waals surface area (Å²) in [6.45, 7) is 12.5. The second kappa shape index (κ2) is 18.8. The Kier molecular flexibility index (Phi) is 13.1. The molecule has 4 aromatic heterocycles. The van der Waals surface area contributed by atoms with E-state index < -0.39 is 14.0 Å². The standard InChI is InChI=1S/C20H21N5O2.C16H26N2O4Si.C10H11N3/c26-19(18-16-8-20(6-7-27-13-20)9-17(16)23-24-18)22-15-10-21-25(12-15)11-14-4-2-1-3-5-14;1-23(2,3)7-6-22-11-18-13-9-16(4-5-21-10-16)8-12(13)14(17-18)15(19)20;11-10-6-12-13(8-10)7-9-4-2-1-3-5-9/h1-5,10,12H,6-9,11,13H2,(H,22,26)(H,23,24);4-11H2,1-3H3,(H,19,20);1-6,8H,7,11H2. The van der Waals surface area contributed by atoms with Crippen molar-refractivity contribution in [2.24, 2.45) is 10.8 Å². The molecule has 0 bridgehead atoms. The monoisotopic (exact) mass is 874 g/mol. The Morgan fingerprint density at radius 3 is 2.05 bits per heavy atom. The molecule has 2 aliphatic carbocycles. The van der Waals surface area contributed by atoms with Crippen molar-refractivity contribution >= 4 is 31.3 Å². The molecule has 2 atom stereocenters. The number of carbonyl (C=O) groups excluding carboxylic acids is 1. The summed E-state index contributed by atoms with van der Waals surface area (Å²) in [5.74, 6) is -1.14. The van der Waals surface area contributed by atoms with E-state index in [-0.39, 0.29) is 22.4 Å². The molecule has 5 N–H and O–H groups in total. The highest BCUT2D eigenvalue weighted by Crippen LogP contribution is 2.45. The van der Waals surface area contributed by atoms with Gasteiger partial charge in [-0.1, -0.05) is 80.3 Å². The molecule has 2 saturated heterocycles. The Bertz CT molecular complexity index is 2480. The van der Waals surface area contributed by atoms with Crippen LogP contribution in [0.2, 0.25) is 25.7 Å². The van der Waals surface area contributed by atoms with E-state index in [4.69, 9.17) is 19.9 Å². The number of carboxylic acid groups (broad SMARTS) is 1. The van der Waals surface area contributed by atoms with Crippen LogP contribution < -0.4 is 11.1 Å². The predicted octanol–water partition coefficient (Wildman–Crippen LogP) is 6.32. The number of nitrogen functional groups attached to an aromatic ring is 1. The van der Waals surface area contributed by atoms with Crippen molar-refractivity contribution in [1.82, 2.24) is 39.5 Å². The summed E-state index contributed by atoms with van der Waals surface area (Å²) in [4.78, 5) is 24.2. The number of rotatable bonds is 12. The van der Waals surface area contributed by atoms with Crippen molar-refractivity contribution in [2.45, 2.75) is 84.0 Å². The van der Waals surface area contributed by atoms with Gasteiger partial charge in [-0.2, -0.15) is 20.4 Å². The van der Waals surface area contributed by atoms with Gasteiger partial charge in [0.05, 0.1) is 50.1 Å². The number of aromatic amines is 1. The van der Waals surface area contributed by atoms with Crippen LogP contribution in [0.25, 0.3) is 0 Å². The van der Waals surface area contributed by atoms with Gasteiger partial charge in [-0.3, -0.25) is 19.3 Å². The van der Waals surface area contributed by atoms with E-state index >= 15 is 0 Å². The first-order valence-electron chi connectivity index (χ1n) is 21.7. The lowest BCUT2D eigenvalue weighted by atomic mass is 9.84. The van der Waals surface area contributed by atoms with Crippen molar-refractivity contribution in [2.75, 3.05) is 44.1 Å². The van der Waals surface area contributed by atoms with Gasteiger partial charge in [0.15, 0.2) is 11.4 Å². The number of aromatic carboxylic acids is 1. The number of hydrogen-bond acceptors (Lipinski definition) is 10. The fourth-order valence-electron chi connectivity index (χ4n) is 8.83. The number of nitrogens with one attached hydrogen (secondary N) is 2. The number of ether oxygens (including phenoxy) is 3. The highest BCUT2D eigenvalue weighted by Gasteiger charge is 2.45. The lowest BCUT2D eigenvalue weighted by Crippen LogP contribution is -2.24. The molecule has 0 radical (unpaired) electrons. The number of hydrogen-bond donors (Lipinski definition) is 4. The van der Waals surface area contributed by atoms with Crippen LogP contribution in [0.1, 0.15) is 67.5 Å². The molecular formula is C46H58N10O6Si. The van der Waals surface area contributed by atoms with Gasteiger partial charge in [0, 0.05) is 73.6 Å². The largest absolute Gasteiger partial charge is 0.476 e. The zero-order valence-electron chi connectivity index (χ0n) is 36.4. The summed E-state index contributed by atoms with van der Waals surface area (Å²) >= 11 is 0. The Hall–Kier alpha value is -5.88. The van der Waals surface area contributed by atoms with Crippen LogP contribution in [-0.2, 0) is 59.7 Å². The number of aromatic nitrogens is 8. The first kappa shape index (κ1) is 43.8. The molecule has 6 heterocycles. The number of amides is 1. The number of fused-ring (bicyclic) bond motifs is 2. The Balaban J connectivity index is 0.000000137. The van der Waals surface area contributed by atoms with Gasteiger partial charge in [0.2, 0.25) is 0 Å². The number of nitrogens with two attached hydrogens (primary N) is 1. The molecular weight excluding hydrogens is 817 g/mol. The Labute approximate surface area is 368 Å². The van der Waals surface area contributed by atoms with Crippen LogP contribution in [0, 0.1) is 10.8 Å². The van der Waals surface area contributed by atoms with Crippen LogP contribution in [-0.4, -0.2) is 97.6 Å². The molecule has 2 spiro atoms. The summed E-state index contributed by atoms with van der Waals surface area (Å²) < 4.78 is 22.3. The average Bonchev–Trinajstić information content (AvgIpc) is 4.12. The molecule has 2 unspecified atom stereocenters. The molecule has 2 fully saturated rings. The minimum atomic E-state index is -1.12. The number of nitrogens with zero attached hydrogens (tertiary/aromatic N) is 7. The molecule has 6 aromatic rings. The van der Waals surface area contributed by atoms with Crippen molar-refractivity contribution in [3.8, 4) is 0 Å². The second-order valence-corrected chi connectivity index (χ2v) is 24.2. The number of carboxylic acids is 1. The normalized spacial score (nSPS) is 19.7. The van der Waals surface area contributed by atoms with E-state index in [1.807, 2.05) is 58.2 Å². The Morgan fingerprint density at radius 2 is 1.46 bits per heavy atom. The van der Waals surface area contributed by atoms with E-state index in [0.29, 0.717) is 37.0 Å². The lowest BCUT2D eigenvalue weighted by Gasteiger charge is -2.20. The summed E-state index contributed by atoms with van der Waals surface area (Å²) in [6, 6.07) is 21.4. The third-order valence-corrected chi connectivity index (χ3v) is 13.9. The zero-order chi connectivity index (χ0) is 44.0. The lowest BCUT2D eigenvalue weighted by molar-refractivity contribution is 0.0661. The van der Waals surface area contributed by atoms with Crippen molar-refractivity contribution in [3.63, 3.8) is 0 Å². The van der Waals surface area contributed by atoms with Gasteiger partial charge < -0.3 is 30.4 Å². The average molecular weight is 875 g/mol. The molecule has 10 rings (SSSR count). The maximum absolute atomic E-state index is 12.7. The highest BCUT2D eigenvalue weighted by atomic mass is 28.3. The van der Waals surface area contributed by atoms with Crippen LogP contribution in [0.3, 0.4) is 0 Å². The fourth-order valence-corrected chi connectivity index (χ4v) is 9.58. The van der Waals surface area contributed by atoms with E-state index in [1.165, 1.54) is 5.56 Å². The minimum Gasteiger partial charge on any atom is -0.476 e. The summed E-state index contributed by atoms with van der Waals surface area (Å²) in [6.07, 6.45) is 12.4. The van der Waals surface area contributed by atoms with Crippen LogP contribution >= 0.6 is 0 Å². The van der Waals surface area contributed by atoms with E-state index in [9.17, 15) is 14.7 Å². The van der Waals surface area contributed by atoms with Crippen LogP contribution in [0.5, 0.6) is 0 Å². The summed E-state index contributed by atoms with van der Waals surface area (Å²) in [5.41, 5.74) is 14.3. The minimum absolute atomic E-state index is 0.0812. The van der Waals surface area contributed by atoms with Gasteiger partial charge in [-0.15, -0.1) is 0 Å². The molecule has 0 saturated carbocycles. The van der Waals surface area contributed by atoms with Gasteiger partial charge in [0.1, 0.15) is 6.73 Å². The maximum atomic E-state index is 12.7. The molecule has 4 aliphatic rings. The van der Waals surface area contributed by atoms with E-state index in [2.05, 4.69) is 74.7 Å². The number of anilines is 2. The highest BCUT2D eigenvalue weighted by molar-refractivity contribution is 6.76. The van der Waals surface area contributed by atoms with Gasteiger partial charge >= 0.3 is 5.97 Å². The number of benzene rings is 2. The quantitative estimate of drug-likeness (QED) is 0.0792. The van der Waals surface area contributed by atoms with Gasteiger partial charge in [-0.25, -0.2) is 9.48 Å². The number of H-pyrrole nitrogens is 1. The molecule has 1 amide bonds. The predicted molar refractivity (Wildman–Crippen MR) is 240 cm³/mol. The number of carbonyl (C=O) groups is 2.